The third-order valence-corrected chi connectivity index (χ3v) is 5.58. The van der Waals surface area contributed by atoms with Gasteiger partial charge >= 0.3 is 6.03 Å². The van der Waals surface area contributed by atoms with Crippen LogP contribution in [0.2, 0.25) is 0 Å². The van der Waals surface area contributed by atoms with Crippen LogP contribution < -0.4 is 10.6 Å². The molecule has 1 unspecified atom stereocenters. The molecule has 24 heavy (non-hydrogen) atoms. The van der Waals surface area contributed by atoms with E-state index in [0.29, 0.717) is 6.42 Å². The van der Waals surface area contributed by atoms with Crippen LogP contribution in [0.4, 0.5) is 10.5 Å². The van der Waals surface area contributed by atoms with Crippen molar-refractivity contribution < 1.29 is 9.59 Å². The Hall–Kier alpha value is -2.55. The fraction of sp³-hybridized carbons (Fsp3) is 0.500. The van der Waals surface area contributed by atoms with Gasteiger partial charge in [-0.05, 0) is 24.5 Å². The first-order chi connectivity index (χ1) is 11.6. The maximum atomic E-state index is 12.7. The first kappa shape index (κ1) is 15.0. The molecule has 1 aliphatic carbocycles. The van der Waals surface area contributed by atoms with Crippen LogP contribution in [0.3, 0.4) is 0 Å². The van der Waals surface area contributed by atoms with Crippen LogP contribution in [0.15, 0.2) is 24.3 Å². The zero-order valence-electron chi connectivity index (χ0n) is 13.4. The van der Waals surface area contributed by atoms with Gasteiger partial charge in [0.2, 0.25) is 5.91 Å². The number of likely N-dealkylation sites (tertiary alicyclic amines) is 1. The number of carbonyl (C=O) groups excluding carboxylic acids is 2. The van der Waals surface area contributed by atoms with E-state index >= 15 is 0 Å². The molecule has 124 valence electrons. The Balaban J connectivity index is 1.61. The van der Waals surface area contributed by atoms with Crippen molar-refractivity contribution in [2.24, 2.45) is 0 Å². The average Bonchev–Trinajstić information content (AvgIpc) is 3.28. The zero-order valence-corrected chi connectivity index (χ0v) is 13.4. The Labute approximate surface area is 140 Å². The lowest BCUT2D eigenvalue weighted by Crippen LogP contribution is -2.47. The van der Waals surface area contributed by atoms with Gasteiger partial charge in [0.15, 0.2) is 0 Å². The van der Waals surface area contributed by atoms with Crippen LogP contribution in [0.25, 0.3) is 0 Å². The van der Waals surface area contributed by atoms with E-state index in [-0.39, 0.29) is 24.5 Å². The lowest BCUT2D eigenvalue weighted by atomic mass is 9.80. The molecule has 1 saturated carbocycles. The number of amides is 3. The van der Waals surface area contributed by atoms with Crippen molar-refractivity contribution >= 4 is 17.6 Å². The fourth-order valence-corrected chi connectivity index (χ4v) is 4.30. The quantitative estimate of drug-likeness (QED) is 0.830. The van der Waals surface area contributed by atoms with Gasteiger partial charge in [-0.15, -0.1) is 0 Å². The van der Waals surface area contributed by atoms with Gasteiger partial charge in [-0.3, -0.25) is 4.79 Å². The van der Waals surface area contributed by atoms with Crippen molar-refractivity contribution in [1.29, 1.82) is 5.26 Å². The van der Waals surface area contributed by atoms with E-state index in [9.17, 15) is 14.9 Å². The first-order valence-corrected chi connectivity index (χ1v) is 8.52. The molecule has 2 atom stereocenters. The summed E-state index contributed by atoms with van der Waals surface area (Å²) in [6.45, 7) is 0.257. The van der Waals surface area contributed by atoms with Crippen molar-refractivity contribution in [3.63, 3.8) is 0 Å². The minimum Gasteiger partial charge on any atom is -0.335 e. The predicted molar refractivity (Wildman–Crippen MR) is 88.3 cm³/mol. The molecule has 2 fully saturated rings. The highest BCUT2D eigenvalue weighted by Gasteiger charge is 2.56. The van der Waals surface area contributed by atoms with Gasteiger partial charge < -0.3 is 15.5 Å². The van der Waals surface area contributed by atoms with Gasteiger partial charge in [-0.1, -0.05) is 31.0 Å². The van der Waals surface area contributed by atoms with E-state index in [1.165, 1.54) is 0 Å². The van der Waals surface area contributed by atoms with Gasteiger partial charge in [0.25, 0.3) is 0 Å². The van der Waals surface area contributed by atoms with E-state index in [2.05, 4.69) is 16.7 Å². The number of nitrogens with zero attached hydrogens (tertiary/aromatic N) is 2. The Bertz CT molecular complexity index is 735. The molecule has 6 heteroatoms. The normalized spacial score (nSPS) is 28.7. The third kappa shape index (κ3) is 2.15. The molecule has 1 saturated heterocycles. The van der Waals surface area contributed by atoms with E-state index in [1.807, 2.05) is 24.3 Å². The molecule has 1 spiro atoms. The van der Waals surface area contributed by atoms with Crippen LogP contribution in [0, 0.1) is 11.3 Å². The van der Waals surface area contributed by atoms with Gasteiger partial charge in [0.1, 0.15) is 6.04 Å². The monoisotopic (exact) mass is 324 g/mol. The molecule has 2 N–H and O–H groups in total. The summed E-state index contributed by atoms with van der Waals surface area (Å²) in [5, 5.41) is 15.5. The SMILES string of the molecule is N#CC1C[C@@]2(CN1C(=O)NC1CCCC1)C(=O)Nc1ccccc12. The van der Waals surface area contributed by atoms with Crippen LogP contribution in [0.1, 0.15) is 37.7 Å². The molecular weight excluding hydrogens is 304 g/mol. The van der Waals surface area contributed by atoms with E-state index < -0.39 is 11.5 Å². The summed E-state index contributed by atoms with van der Waals surface area (Å²) in [6.07, 6.45) is 4.60. The minimum atomic E-state index is -0.802. The summed E-state index contributed by atoms with van der Waals surface area (Å²) in [6, 6.07) is 9.15. The van der Waals surface area contributed by atoms with Crippen molar-refractivity contribution in [2.45, 2.75) is 49.6 Å². The average molecular weight is 324 g/mol. The van der Waals surface area contributed by atoms with Crippen LogP contribution in [-0.2, 0) is 10.2 Å². The summed E-state index contributed by atoms with van der Waals surface area (Å²) >= 11 is 0. The molecule has 0 aromatic heterocycles. The van der Waals surface area contributed by atoms with E-state index in [4.69, 9.17) is 0 Å². The molecule has 4 rings (SSSR count). The van der Waals surface area contributed by atoms with Crippen LogP contribution >= 0.6 is 0 Å². The smallest absolute Gasteiger partial charge is 0.318 e. The van der Waals surface area contributed by atoms with Gasteiger partial charge in [0, 0.05) is 24.7 Å². The number of urea groups is 1. The van der Waals surface area contributed by atoms with E-state index in [0.717, 1.165) is 36.9 Å². The minimum absolute atomic E-state index is 0.111. The second-order valence-electron chi connectivity index (χ2n) is 6.99. The topological polar surface area (TPSA) is 85.2 Å². The summed E-state index contributed by atoms with van der Waals surface area (Å²) < 4.78 is 0. The van der Waals surface area contributed by atoms with Gasteiger partial charge in [-0.25, -0.2) is 4.79 Å². The molecule has 6 nitrogen and oxygen atoms in total. The molecule has 2 heterocycles. The van der Waals surface area contributed by atoms with Crippen molar-refractivity contribution in [3.05, 3.63) is 29.8 Å². The Kier molecular flexibility index (Phi) is 3.45. The number of fused-ring (bicyclic) bond motifs is 2. The van der Waals surface area contributed by atoms with Crippen molar-refractivity contribution in [2.75, 3.05) is 11.9 Å². The summed E-state index contributed by atoms with van der Waals surface area (Å²) in [5.74, 6) is -0.111. The molecule has 1 aromatic carbocycles. The highest BCUT2D eigenvalue weighted by molar-refractivity contribution is 6.07. The first-order valence-electron chi connectivity index (χ1n) is 8.52. The second-order valence-corrected chi connectivity index (χ2v) is 6.99. The van der Waals surface area contributed by atoms with Crippen LogP contribution in [0.5, 0.6) is 0 Å². The van der Waals surface area contributed by atoms with Crippen molar-refractivity contribution in [3.8, 4) is 6.07 Å². The number of nitriles is 1. The van der Waals surface area contributed by atoms with E-state index in [1.54, 1.807) is 4.90 Å². The molecule has 2 aliphatic heterocycles. The summed E-state index contributed by atoms with van der Waals surface area (Å²) in [4.78, 5) is 26.9. The molecular formula is C18H20N4O2. The second kappa shape index (κ2) is 5.52. The number of hydrogen-bond acceptors (Lipinski definition) is 3. The lowest BCUT2D eigenvalue weighted by Gasteiger charge is -2.24. The zero-order chi connectivity index (χ0) is 16.7. The Morgan fingerprint density at radius 2 is 2.08 bits per heavy atom. The number of benzene rings is 1. The fourth-order valence-electron chi connectivity index (χ4n) is 4.30. The maximum Gasteiger partial charge on any atom is 0.318 e. The Morgan fingerprint density at radius 3 is 2.83 bits per heavy atom. The molecule has 1 aromatic rings. The number of hydrogen-bond donors (Lipinski definition) is 2. The van der Waals surface area contributed by atoms with Crippen LogP contribution in [-0.4, -0.2) is 35.5 Å². The number of para-hydroxylation sites is 1. The standard InChI is InChI=1S/C18H20N4O2/c19-10-13-9-18(14-7-3-4-8-15(14)21-16(18)23)11-22(13)17(24)20-12-5-1-2-6-12/h3-4,7-8,12-13H,1-2,5-6,9,11H2,(H,20,24)(H,21,23)/t13?,18-/m0/s1. The summed E-state index contributed by atoms with van der Waals surface area (Å²) in [7, 11) is 0. The largest absolute Gasteiger partial charge is 0.335 e. The number of anilines is 1. The lowest BCUT2D eigenvalue weighted by molar-refractivity contribution is -0.120. The summed E-state index contributed by atoms with van der Waals surface area (Å²) in [5.41, 5.74) is 0.882. The number of rotatable bonds is 1. The number of nitrogens with one attached hydrogen (secondary N) is 2. The highest BCUT2D eigenvalue weighted by atomic mass is 16.2. The predicted octanol–water partition coefficient (Wildman–Crippen LogP) is 2.13. The van der Waals surface area contributed by atoms with Gasteiger partial charge in [0.05, 0.1) is 11.5 Å². The molecule has 0 radical (unpaired) electrons. The Morgan fingerprint density at radius 1 is 1.33 bits per heavy atom. The molecule has 3 aliphatic rings. The highest BCUT2D eigenvalue weighted by Crippen LogP contribution is 2.46. The molecule has 0 bridgehead atoms. The number of carbonyl (C=O) groups is 2. The third-order valence-electron chi connectivity index (χ3n) is 5.58. The van der Waals surface area contributed by atoms with Gasteiger partial charge in [-0.2, -0.15) is 5.26 Å². The molecule has 3 amide bonds. The maximum absolute atomic E-state index is 12.7. The van der Waals surface area contributed by atoms with Crippen molar-refractivity contribution in [1.82, 2.24) is 10.2 Å².